The van der Waals surface area contributed by atoms with Crippen molar-refractivity contribution in [1.29, 1.82) is 0 Å². The third-order valence-electron chi connectivity index (χ3n) is 2.03. The minimum atomic E-state index is -4.38. The summed E-state index contributed by atoms with van der Waals surface area (Å²) in [6.07, 6.45) is -2.40. The summed E-state index contributed by atoms with van der Waals surface area (Å²) in [5.74, 6) is -0.644. The number of alkyl halides is 3. The molecule has 1 aromatic heterocycles. The number of aromatic amines is 1. The maximum absolute atomic E-state index is 12.3. The smallest absolute Gasteiger partial charge is 0.356 e. The Morgan fingerprint density at radius 2 is 2.18 bits per heavy atom. The van der Waals surface area contributed by atoms with E-state index in [1.807, 2.05) is 0 Å². The Morgan fingerprint density at radius 3 is 2.59 bits per heavy atom. The Morgan fingerprint density at radius 1 is 1.53 bits per heavy atom. The van der Waals surface area contributed by atoms with Gasteiger partial charge in [0.2, 0.25) is 0 Å². The van der Waals surface area contributed by atoms with Gasteiger partial charge in [-0.25, -0.2) is 0 Å². The van der Waals surface area contributed by atoms with E-state index < -0.39 is 18.6 Å². The standard InChI is InChI=1S/C10H12BrF3N2O/c1-2-3-16(6-10(12,13)14)9(17)8-4-7(11)5-15-8/h4-5,15H,2-3,6H2,1H3. The van der Waals surface area contributed by atoms with Gasteiger partial charge >= 0.3 is 6.18 Å². The molecular formula is C10H12BrF3N2O. The van der Waals surface area contributed by atoms with Crippen LogP contribution < -0.4 is 0 Å². The Balaban J connectivity index is 2.80. The normalized spacial score (nSPS) is 11.6. The van der Waals surface area contributed by atoms with Gasteiger partial charge in [-0.1, -0.05) is 6.92 Å². The van der Waals surface area contributed by atoms with Gasteiger partial charge in [-0.15, -0.1) is 0 Å². The number of nitrogens with zero attached hydrogens (tertiary/aromatic N) is 1. The molecule has 1 rings (SSSR count). The van der Waals surface area contributed by atoms with Crippen LogP contribution in [0.5, 0.6) is 0 Å². The molecule has 0 aliphatic rings. The average Bonchev–Trinajstić information content (AvgIpc) is 2.61. The van der Waals surface area contributed by atoms with Crippen LogP contribution in [-0.2, 0) is 0 Å². The van der Waals surface area contributed by atoms with Crippen LogP contribution in [0.15, 0.2) is 16.7 Å². The van der Waals surface area contributed by atoms with E-state index in [-0.39, 0.29) is 12.2 Å². The molecule has 17 heavy (non-hydrogen) atoms. The minimum absolute atomic E-state index is 0.0784. The van der Waals surface area contributed by atoms with Crippen molar-refractivity contribution >= 4 is 21.8 Å². The quantitative estimate of drug-likeness (QED) is 0.910. The van der Waals surface area contributed by atoms with E-state index in [0.717, 1.165) is 4.90 Å². The Labute approximate surface area is 105 Å². The van der Waals surface area contributed by atoms with E-state index >= 15 is 0 Å². The van der Waals surface area contributed by atoms with Gasteiger partial charge in [0, 0.05) is 17.2 Å². The van der Waals surface area contributed by atoms with E-state index in [2.05, 4.69) is 20.9 Å². The molecule has 0 atom stereocenters. The fourth-order valence-corrected chi connectivity index (χ4v) is 1.74. The van der Waals surface area contributed by atoms with Crippen LogP contribution in [0.4, 0.5) is 13.2 Å². The molecule has 0 fully saturated rings. The first-order valence-corrected chi connectivity index (χ1v) is 5.82. The monoisotopic (exact) mass is 312 g/mol. The summed E-state index contributed by atoms with van der Waals surface area (Å²) in [5.41, 5.74) is 0.148. The Bertz CT molecular complexity index is 389. The summed E-state index contributed by atoms with van der Waals surface area (Å²) >= 11 is 3.13. The highest BCUT2D eigenvalue weighted by Crippen LogP contribution is 2.19. The predicted molar refractivity (Wildman–Crippen MR) is 60.7 cm³/mol. The second kappa shape index (κ2) is 5.57. The predicted octanol–water partition coefficient (Wildman–Crippen LogP) is 3.19. The number of amides is 1. The molecule has 0 radical (unpaired) electrons. The van der Waals surface area contributed by atoms with Crippen LogP contribution >= 0.6 is 15.9 Å². The minimum Gasteiger partial charge on any atom is -0.356 e. The second-order valence-electron chi connectivity index (χ2n) is 3.57. The molecule has 1 aromatic rings. The van der Waals surface area contributed by atoms with E-state index in [1.54, 1.807) is 6.92 Å². The summed E-state index contributed by atoms with van der Waals surface area (Å²) in [6, 6.07) is 1.46. The molecule has 1 heterocycles. The van der Waals surface area contributed by atoms with Crippen molar-refractivity contribution in [1.82, 2.24) is 9.88 Å². The van der Waals surface area contributed by atoms with Crippen molar-refractivity contribution in [2.75, 3.05) is 13.1 Å². The lowest BCUT2D eigenvalue weighted by atomic mass is 10.3. The summed E-state index contributed by atoms with van der Waals surface area (Å²) in [4.78, 5) is 15.2. The van der Waals surface area contributed by atoms with Crippen molar-refractivity contribution in [3.8, 4) is 0 Å². The lowest BCUT2D eigenvalue weighted by molar-refractivity contribution is -0.140. The van der Waals surface area contributed by atoms with Crippen LogP contribution in [0.25, 0.3) is 0 Å². The van der Waals surface area contributed by atoms with Gasteiger partial charge in [0.05, 0.1) is 0 Å². The number of halogens is 4. The number of carbonyl (C=O) groups excluding carboxylic acids is 1. The maximum Gasteiger partial charge on any atom is 0.406 e. The van der Waals surface area contributed by atoms with Crippen molar-refractivity contribution in [3.05, 3.63) is 22.4 Å². The van der Waals surface area contributed by atoms with Crippen molar-refractivity contribution in [2.24, 2.45) is 0 Å². The summed E-state index contributed by atoms with van der Waals surface area (Å²) in [6.45, 7) is 0.576. The number of nitrogens with one attached hydrogen (secondary N) is 1. The van der Waals surface area contributed by atoms with Gasteiger partial charge in [0.15, 0.2) is 0 Å². The molecule has 7 heteroatoms. The highest BCUT2D eigenvalue weighted by atomic mass is 79.9. The van der Waals surface area contributed by atoms with Gasteiger partial charge in [-0.05, 0) is 28.4 Å². The highest BCUT2D eigenvalue weighted by molar-refractivity contribution is 9.10. The largest absolute Gasteiger partial charge is 0.406 e. The molecular weight excluding hydrogens is 301 g/mol. The number of H-pyrrole nitrogens is 1. The molecule has 0 unspecified atom stereocenters. The van der Waals surface area contributed by atoms with Gasteiger partial charge in [0.1, 0.15) is 12.2 Å². The number of rotatable bonds is 4. The zero-order chi connectivity index (χ0) is 13.1. The first-order valence-electron chi connectivity index (χ1n) is 5.03. The molecule has 1 N–H and O–H groups in total. The number of hydrogen-bond acceptors (Lipinski definition) is 1. The van der Waals surface area contributed by atoms with Crippen LogP contribution in [-0.4, -0.2) is 35.1 Å². The molecule has 0 bridgehead atoms. The molecule has 0 aliphatic heterocycles. The average molecular weight is 313 g/mol. The van der Waals surface area contributed by atoms with Crippen LogP contribution in [0, 0.1) is 0 Å². The van der Waals surface area contributed by atoms with Crippen molar-refractivity contribution < 1.29 is 18.0 Å². The third kappa shape index (κ3) is 4.41. The highest BCUT2D eigenvalue weighted by Gasteiger charge is 2.33. The number of carbonyl (C=O) groups is 1. The summed E-state index contributed by atoms with van der Waals surface area (Å²) in [7, 11) is 0. The molecule has 0 saturated heterocycles. The number of hydrogen-bond donors (Lipinski definition) is 1. The van der Waals surface area contributed by atoms with Gasteiger partial charge < -0.3 is 9.88 Å². The van der Waals surface area contributed by atoms with Gasteiger partial charge in [-0.2, -0.15) is 13.2 Å². The summed E-state index contributed by atoms with van der Waals surface area (Å²) < 4.78 is 37.5. The molecule has 0 spiro atoms. The van der Waals surface area contributed by atoms with E-state index in [9.17, 15) is 18.0 Å². The molecule has 1 amide bonds. The topological polar surface area (TPSA) is 36.1 Å². The summed E-state index contributed by atoms with van der Waals surface area (Å²) in [5, 5.41) is 0. The third-order valence-corrected chi connectivity index (χ3v) is 2.49. The lowest BCUT2D eigenvalue weighted by Crippen LogP contribution is -2.39. The Kier molecular flexibility index (Phi) is 4.62. The van der Waals surface area contributed by atoms with Crippen LogP contribution in [0.1, 0.15) is 23.8 Å². The van der Waals surface area contributed by atoms with E-state index in [1.165, 1.54) is 12.3 Å². The molecule has 96 valence electrons. The zero-order valence-electron chi connectivity index (χ0n) is 9.14. The maximum atomic E-state index is 12.3. The van der Waals surface area contributed by atoms with Crippen molar-refractivity contribution in [2.45, 2.75) is 19.5 Å². The fourth-order valence-electron chi connectivity index (χ4n) is 1.40. The van der Waals surface area contributed by atoms with Crippen molar-refractivity contribution in [3.63, 3.8) is 0 Å². The first kappa shape index (κ1) is 14.1. The zero-order valence-corrected chi connectivity index (χ0v) is 10.7. The molecule has 3 nitrogen and oxygen atoms in total. The fraction of sp³-hybridized carbons (Fsp3) is 0.500. The van der Waals surface area contributed by atoms with Gasteiger partial charge in [-0.3, -0.25) is 4.79 Å². The lowest BCUT2D eigenvalue weighted by Gasteiger charge is -2.22. The number of aromatic nitrogens is 1. The van der Waals surface area contributed by atoms with Gasteiger partial charge in [0.25, 0.3) is 5.91 Å². The van der Waals surface area contributed by atoms with Crippen LogP contribution in [0.2, 0.25) is 0 Å². The first-order chi connectivity index (χ1) is 7.83. The van der Waals surface area contributed by atoms with E-state index in [0.29, 0.717) is 10.9 Å². The molecule has 0 aromatic carbocycles. The molecule has 0 aliphatic carbocycles. The Hall–Kier alpha value is -0.980. The van der Waals surface area contributed by atoms with Crippen LogP contribution in [0.3, 0.4) is 0 Å². The second-order valence-corrected chi connectivity index (χ2v) is 4.49. The molecule has 0 saturated carbocycles. The SMILES string of the molecule is CCCN(CC(F)(F)F)C(=O)c1cc(Br)c[nH]1. The van der Waals surface area contributed by atoms with E-state index in [4.69, 9.17) is 0 Å².